The summed E-state index contributed by atoms with van der Waals surface area (Å²) in [6, 6.07) is 8.35. The molecule has 0 unspecified atom stereocenters. The second kappa shape index (κ2) is 11.0. The van der Waals surface area contributed by atoms with Crippen LogP contribution < -0.4 is 10.6 Å². The zero-order chi connectivity index (χ0) is 18.3. The van der Waals surface area contributed by atoms with Crippen LogP contribution in [-0.2, 0) is 17.8 Å². The van der Waals surface area contributed by atoms with Crippen molar-refractivity contribution in [3.05, 3.63) is 35.4 Å². The Hall–Kier alpha value is -0.960. The second-order valence-corrected chi connectivity index (χ2v) is 8.36. The molecule has 0 radical (unpaired) electrons. The highest BCUT2D eigenvalue weighted by atomic mass is 127. The number of hydrogen-bond donors (Lipinski definition) is 2. The van der Waals surface area contributed by atoms with E-state index in [1.54, 1.807) is 0 Å². The van der Waals surface area contributed by atoms with Crippen molar-refractivity contribution in [1.29, 1.82) is 0 Å². The maximum atomic E-state index is 12.5. The number of thioether (sulfide) groups is 1. The standard InChI is InChI=1S/C19H30N4OS.HI/c1-5-20-18(22-14-19(2,3)25-4)21-12-17(24)23-11-10-15-8-6-7-9-16(15)13-23;/h6-9H,5,10-14H2,1-4H3,(H2,20,21,22);1H. The third-order valence-corrected chi connectivity index (χ3v) is 5.68. The number of guanidine groups is 1. The molecule has 5 nitrogen and oxygen atoms in total. The summed E-state index contributed by atoms with van der Waals surface area (Å²) in [6.45, 7) is 9.61. The van der Waals surface area contributed by atoms with Gasteiger partial charge in [-0.05, 0) is 44.6 Å². The van der Waals surface area contributed by atoms with Gasteiger partial charge in [-0.15, -0.1) is 24.0 Å². The van der Waals surface area contributed by atoms with Gasteiger partial charge in [-0.2, -0.15) is 11.8 Å². The fraction of sp³-hybridized carbons (Fsp3) is 0.579. The van der Waals surface area contributed by atoms with E-state index in [-0.39, 0.29) is 41.2 Å². The smallest absolute Gasteiger partial charge is 0.244 e. The van der Waals surface area contributed by atoms with Crippen LogP contribution in [0.4, 0.5) is 0 Å². The van der Waals surface area contributed by atoms with E-state index < -0.39 is 0 Å². The van der Waals surface area contributed by atoms with Crippen LogP contribution in [-0.4, -0.2) is 53.9 Å². The number of aliphatic imine (C=N–C) groups is 1. The highest BCUT2D eigenvalue weighted by Crippen LogP contribution is 2.20. The van der Waals surface area contributed by atoms with E-state index in [4.69, 9.17) is 0 Å². The average molecular weight is 490 g/mol. The van der Waals surface area contributed by atoms with E-state index in [9.17, 15) is 4.79 Å². The van der Waals surface area contributed by atoms with Gasteiger partial charge in [-0.1, -0.05) is 24.3 Å². The topological polar surface area (TPSA) is 56.7 Å². The Morgan fingerprint density at radius 1 is 1.27 bits per heavy atom. The number of hydrogen-bond acceptors (Lipinski definition) is 3. The predicted octanol–water partition coefficient (Wildman–Crippen LogP) is 2.89. The molecule has 26 heavy (non-hydrogen) atoms. The molecule has 0 aromatic heterocycles. The van der Waals surface area contributed by atoms with Gasteiger partial charge in [0, 0.05) is 30.9 Å². The van der Waals surface area contributed by atoms with Crippen molar-refractivity contribution in [2.75, 3.05) is 32.4 Å². The van der Waals surface area contributed by atoms with Gasteiger partial charge in [0.15, 0.2) is 5.96 Å². The number of carbonyl (C=O) groups excluding carboxylic acids is 1. The molecule has 1 aliphatic heterocycles. The first-order valence-electron chi connectivity index (χ1n) is 8.87. The van der Waals surface area contributed by atoms with Gasteiger partial charge < -0.3 is 15.5 Å². The van der Waals surface area contributed by atoms with Crippen LogP contribution in [0, 0.1) is 0 Å². The van der Waals surface area contributed by atoms with Crippen LogP contribution in [0.2, 0.25) is 0 Å². The first-order chi connectivity index (χ1) is 11.9. The van der Waals surface area contributed by atoms with Crippen molar-refractivity contribution < 1.29 is 4.79 Å². The summed E-state index contributed by atoms with van der Waals surface area (Å²) in [5.74, 6) is 0.784. The average Bonchev–Trinajstić information content (AvgIpc) is 2.63. The number of fused-ring (bicyclic) bond motifs is 1. The van der Waals surface area contributed by atoms with E-state index in [2.05, 4.69) is 53.9 Å². The maximum absolute atomic E-state index is 12.5. The monoisotopic (exact) mass is 490 g/mol. The van der Waals surface area contributed by atoms with E-state index in [0.29, 0.717) is 12.5 Å². The van der Waals surface area contributed by atoms with Gasteiger partial charge >= 0.3 is 0 Å². The Morgan fingerprint density at radius 3 is 2.62 bits per heavy atom. The van der Waals surface area contributed by atoms with Gasteiger partial charge in [0.2, 0.25) is 5.91 Å². The van der Waals surface area contributed by atoms with E-state index in [1.165, 1.54) is 11.1 Å². The highest BCUT2D eigenvalue weighted by molar-refractivity contribution is 14.0. The number of rotatable bonds is 6. The third-order valence-electron chi connectivity index (χ3n) is 4.43. The molecule has 0 saturated carbocycles. The first-order valence-corrected chi connectivity index (χ1v) is 10.1. The maximum Gasteiger partial charge on any atom is 0.244 e. The van der Waals surface area contributed by atoms with Crippen molar-refractivity contribution in [3.8, 4) is 0 Å². The van der Waals surface area contributed by atoms with Crippen molar-refractivity contribution in [3.63, 3.8) is 0 Å². The molecular formula is C19H31IN4OS. The Bertz CT molecular complexity index is 621. The van der Waals surface area contributed by atoms with Gasteiger partial charge in [-0.25, -0.2) is 4.99 Å². The van der Waals surface area contributed by atoms with Gasteiger partial charge in [0.05, 0.1) is 0 Å². The lowest BCUT2D eigenvalue weighted by Crippen LogP contribution is -2.44. The lowest BCUT2D eigenvalue weighted by molar-refractivity contribution is -0.130. The zero-order valence-corrected chi connectivity index (χ0v) is 19.3. The minimum atomic E-state index is 0. The molecular weight excluding hydrogens is 459 g/mol. The first kappa shape index (κ1) is 23.1. The summed E-state index contributed by atoms with van der Waals surface area (Å²) in [5.41, 5.74) is 2.60. The summed E-state index contributed by atoms with van der Waals surface area (Å²) in [7, 11) is 0. The van der Waals surface area contributed by atoms with Crippen LogP contribution in [0.3, 0.4) is 0 Å². The number of nitrogens with zero attached hydrogens (tertiary/aromatic N) is 2. The number of halogens is 1. The normalized spacial score (nSPS) is 14.3. The molecule has 1 aliphatic rings. The molecule has 2 N–H and O–H groups in total. The summed E-state index contributed by atoms with van der Waals surface area (Å²) >= 11 is 1.81. The van der Waals surface area contributed by atoms with Crippen molar-refractivity contribution >= 4 is 47.6 Å². The summed E-state index contributed by atoms with van der Waals surface area (Å²) in [6.07, 6.45) is 3.02. The van der Waals surface area contributed by atoms with Crippen LogP contribution in [0.15, 0.2) is 29.3 Å². The third kappa shape index (κ3) is 6.98. The molecule has 1 aromatic rings. The van der Waals surface area contributed by atoms with Gasteiger partial charge in [-0.3, -0.25) is 4.79 Å². The van der Waals surface area contributed by atoms with E-state index >= 15 is 0 Å². The molecule has 1 heterocycles. The molecule has 1 amide bonds. The number of amides is 1. The molecule has 0 fully saturated rings. The summed E-state index contributed by atoms with van der Waals surface area (Å²) in [4.78, 5) is 18.9. The zero-order valence-electron chi connectivity index (χ0n) is 16.2. The van der Waals surface area contributed by atoms with Gasteiger partial charge in [0.25, 0.3) is 0 Å². The highest BCUT2D eigenvalue weighted by Gasteiger charge is 2.20. The SMILES string of the molecule is CCNC(=NCC(=O)N1CCc2ccccc2C1)NCC(C)(C)SC.I. The molecule has 1 aromatic carbocycles. The van der Waals surface area contributed by atoms with Crippen molar-refractivity contribution in [1.82, 2.24) is 15.5 Å². The van der Waals surface area contributed by atoms with Crippen molar-refractivity contribution in [2.45, 2.75) is 38.5 Å². The minimum Gasteiger partial charge on any atom is -0.357 e. The molecule has 0 saturated heterocycles. The number of carbonyl (C=O) groups is 1. The number of nitrogens with one attached hydrogen (secondary N) is 2. The van der Waals surface area contributed by atoms with Crippen LogP contribution in [0.25, 0.3) is 0 Å². The Balaban J connectivity index is 0.00000338. The predicted molar refractivity (Wildman–Crippen MR) is 123 cm³/mol. The fourth-order valence-electron chi connectivity index (χ4n) is 2.67. The minimum absolute atomic E-state index is 0. The largest absolute Gasteiger partial charge is 0.357 e. The molecule has 0 aliphatic carbocycles. The Morgan fingerprint density at radius 2 is 1.96 bits per heavy atom. The number of benzene rings is 1. The Labute approximate surface area is 178 Å². The van der Waals surface area contributed by atoms with Gasteiger partial charge in [0.1, 0.15) is 6.54 Å². The molecule has 0 spiro atoms. The summed E-state index contributed by atoms with van der Waals surface area (Å²) < 4.78 is 0.122. The molecule has 7 heteroatoms. The lowest BCUT2D eigenvalue weighted by atomic mass is 10.00. The fourth-order valence-corrected chi connectivity index (χ4v) is 2.88. The quantitative estimate of drug-likeness (QED) is 0.366. The lowest BCUT2D eigenvalue weighted by Gasteiger charge is -2.28. The second-order valence-electron chi connectivity index (χ2n) is 6.85. The van der Waals surface area contributed by atoms with Crippen LogP contribution >= 0.6 is 35.7 Å². The molecule has 2 rings (SSSR count). The van der Waals surface area contributed by atoms with E-state index in [0.717, 1.165) is 26.1 Å². The van der Waals surface area contributed by atoms with Crippen LogP contribution in [0.5, 0.6) is 0 Å². The summed E-state index contributed by atoms with van der Waals surface area (Å²) in [5, 5.41) is 6.55. The molecule has 146 valence electrons. The van der Waals surface area contributed by atoms with E-state index in [1.807, 2.05) is 29.7 Å². The molecule has 0 bridgehead atoms. The van der Waals surface area contributed by atoms with Crippen LogP contribution in [0.1, 0.15) is 31.9 Å². The van der Waals surface area contributed by atoms with Crippen molar-refractivity contribution in [2.24, 2.45) is 4.99 Å². The molecule has 0 atom stereocenters. The Kier molecular flexibility index (Phi) is 9.78.